The van der Waals surface area contributed by atoms with Crippen LogP contribution >= 0.6 is 0 Å². The van der Waals surface area contributed by atoms with Crippen molar-refractivity contribution < 1.29 is 24.2 Å². The molecule has 1 atom stereocenters. The zero-order chi connectivity index (χ0) is 20.9. The summed E-state index contributed by atoms with van der Waals surface area (Å²) < 4.78 is 13.1. The number of anilines is 1. The lowest BCUT2D eigenvalue weighted by Gasteiger charge is -2.29. The Hall–Kier alpha value is -2.57. The van der Waals surface area contributed by atoms with Gasteiger partial charge in [0, 0.05) is 0 Å². The van der Waals surface area contributed by atoms with Crippen LogP contribution in [0.3, 0.4) is 0 Å². The first-order chi connectivity index (χ1) is 14.6. The van der Waals surface area contributed by atoms with Crippen LogP contribution in [0.2, 0.25) is 0 Å². The van der Waals surface area contributed by atoms with E-state index in [0.717, 1.165) is 25.4 Å². The molecule has 0 aliphatic carbocycles. The number of carbonyl (C=O) groups excluding carboxylic acids is 2. The number of hydrogen-bond donors (Lipinski definition) is 2. The maximum Gasteiger partial charge on any atom is 0.292 e. The number of hydrogen-bond acceptors (Lipinski definition) is 2. The molecule has 5 nitrogen and oxygen atoms in total. The minimum Gasteiger partial charge on any atom is -0.331 e. The predicted octanol–water partition coefficient (Wildman–Crippen LogP) is 0.559. The summed E-state index contributed by atoms with van der Waals surface area (Å²) in [5.41, 5.74) is 1.88. The van der Waals surface area contributed by atoms with Gasteiger partial charge in [-0.2, -0.15) is 0 Å². The lowest BCUT2D eigenvalue weighted by atomic mass is 9.90. The summed E-state index contributed by atoms with van der Waals surface area (Å²) in [5, 5.41) is 2.01. The van der Waals surface area contributed by atoms with E-state index in [2.05, 4.69) is 30.3 Å². The lowest BCUT2D eigenvalue weighted by molar-refractivity contribution is -0.919. The number of imide groups is 1. The molecule has 2 fully saturated rings. The van der Waals surface area contributed by atoms with Crippen molar-refractivity contribution in [3.8, 4) is 0 Å². The van der Waals surface area contributed by atoms with E-state index in [-0.39, 0.29) is 30.1 Å². The average molecular weight is 412 g/mol. The lowest BCUT2D eigenvalue weighted by Crippen LogP contribution is -3.16. The van der Waals surface area contributed by atoms with Crippen LogP contribution in [0.15, 0.2) is 54.6 Å². The van der Waals surface area contributed by atoms with Gasteiger partial charge in [0.15, 0.2) is 6.04 Å². The SMILES string of the molecule is O=C1C[C@@H]([NH2+]CC[NH+]2CCC(Cc3ccccc3)CC2)C(=O)N1c1ccc(F)cc1. The van der Waals surface area contributed by atoms with Gasteiger partial charge in [-0.05, 0) is 55.0 Å². The maximum atomic E-state index is 13.1. The molecule has 0 radical (unpaired) electrons. The fraction of sp³-hybridized carbons (Fsp3) is 0.417. The van der Waals surface area contributed by atoms with Gasteiger partial charge < -0.3 is 10.2 Å². The van der Waals surface area contributed by atoms with Crippen molar-refractivity contribution in [3.63, 3.8) is 0 Å². The van der Waals surface area contributed by atoms with Crippen molar-refractivity contribution in [1.29, 1.82) is 0 Å². The zero-order valence-corrected chi connectivity index (χ0v) is 17.2. The van der Waals surface area contributed by atoms with E-state index < -0.39 is 0 Å². The molecule has 2 aliphatic heterocycles. The molecule has 4 rings (SSSR count). The van der Waals surface area contributed by atoms with Crippen LogP contribution in [0.1, 0.15) is 24.8 Å². The minimum absolute atomic E-state index is 0.192. The molecule has 0 spiro atoms. The Balaban J connectivity index is 1.20. The molecule has 2 aromatic carbocycles. The van der Waals surface area contributed by atoms with Gasteiger partial charge in [-0.3, -0.25) is 9.59 Å². The van der Waals surface area contributed by atoms with E-state index >= 15 is 0 Å². The van der Waals surface area contributed by atoms with Crippen LogP contribution in [0.5, 0.6) is 0 Å². The minimum atomic E-state index is -0.378. The van der Waals surface area contributed by atoms with Crippen molar-refractivity contribution >= 4 is 17.5 Å². The first-order valence-electron chi connectivity index (χ1n) is 10.9. The summed E-state index contributed by atoms with van der Waals surface area (Å²) in [5.74, 6) is -0.0139. The summed E-state index contributed by atoms with van der Waals surface area (Å²) >= 11 is 0. The molecule has 2 saturated heterocycles. The second-order valence-electron chi connectivity index (χ2n) is 8.51. The van der Waals surface area contributed by atoms with Crippen molar-refractivity contribution in [3.05, 3.63) is 66.0 Å². The third-order valence-electron chi connectivity index (χ3n) is 6.39. The van der Waals surface area contributed by atoms with E-state index in [1.54, 1.807) is 4.90 Å². The average Bonchev–Trinajstić information content (AvgIpc) is 3.04. The number of quaternary nitrogens is 2. The van der Waals surface area contributed by atoms with Gasteiger partial charge in [0.2, 0.25) is 5.91 Å². The number of benzene rings is 2. The summed E-state index contributed by atoms with van der Waals surface area (Å²) in [6, 6.07) is 15.9. The Morgan fingerprint density at radius 2 is 1.70 bits per heavy atom. The van der Waals surface area contributed by atoms with Crippen LogP contribution in [0.4, 0.5) is 10.1 Å². The number of carbonyl (C=O) groups is 2. The normalized spacial score (nSPS) is 24.4. The highest BCUT2D eigenvalue weighted by atomic mass is 19.1. The van der Waals surface area contributed by atoms with Crippen LogP contribution in [0, 0.1) is 11.7 Å². The summed E-state index contributed by atoms with van der Waals surface area (Å²) in [4.78, 5) is 27.8. The number of nitrogens with zero attached hydrogens (tertiary/aromatic N) is 1. The molecule has 2 amide bonds. The van der Waals surface area contributed by atoms with Gasteiger partial charge in [0.25, 0.3) is 5.91 Å². The van der Waals surface area contributed by atoms with E-state index in [0.29, 0.717) is 5.69 Å². The molecule has 2 heterocycles. The van der Waals surface area contributed by atoms with E-state index in [1.807, 2.05) is 5.32 Å². The largest absolute Gasteiger partial charge is 0.331 e. The monoisotopic (exact) mass is 411 g/mol. The molecule has 2 aliphatic rings. The number of halogens is 1. The summed E-state index contributed by atoms with van der Waals surface area (Å²) in [7, 11) is 0. The standard InChI is InChI=1S/C24H28FN3O2/c25-20-6-8-21(9-7-20)28-23(29)17-22(24(28)30)26-12-15-27-13-10-19(11-14-27)16-18-4-2-1-3-5-18/h1-9,19,22,26H,10-17H2/p+2/t22-/m1/s1. The van der Waals surface area contributed by atoms with Gasteiger partial charge in [-0.1, -0.05) is 30.3 Å². The summed E-state index contributed by atoms with van der Waals surface area (Å²) in [6.45, 7) is 4.18. The molecule has 0 saturated carbocycles. The second kappa shape index (κ2) is 9.49. The number of amides is 2. The number of rotatable bonds is 7. The fourth-order valence-electron chi connectivity index (χ4n) is 4.68. The van der Waals surface area contributed by atoms with Gasteiger partial charge >= 0.3 is 0 Å². The third-order valence-corrected chi connectivity index (χ3v) is 6.39. The molecule has 30 heavy (non-hydrogen) atoms. The fourth-order valence-corrected chi connectivity index (χ4v) is 4.68. The Morgan fingerprint density at radius 3 is 2.40 bits per heavy atom. The van der Waals surface area contributed by atoms with Crippen LogP contribution in [-0.2, 0) is 16.0 Å². The zero-order valence-electron chi connectivity index (χ0n) is 17.2. The predicted molar refractivity (Wildman–Crippen MR) is 113 cm³/mol. The van der Waals surface area contributed by atoms with Gasteiger partial charge in [-0.25, -0.2) is 9.29 Å². The highest BCUT2D eigenvalue weighted by Crippen LogP contribution is 2.21. The molecule has 0 bridgehead atoms. The molecule has 2 aromatic rings. The molecular weight excluding hydrogens is 381 g/mol. The summed E-state index contributed by atoms with van der Waals surface area (Å²) in [6.07, 6.45) is 3.86. The Morgan fingerprint density at radius 1 is 1.00 bits per heavy atom. The van der Waals surface area contributed by atoms with Gasteiger partial charge in [-0.15, -0.1) is 0 Å². The number of nitrogens with two attached hydrogens (primary N) is 1. The number of piperidine rings is 1. The van der Waals surface area contributed by atoms with Crippen molar-refractivity contribution in [2.45, 2.75) is 31.7 Å². The van der Waals surface area contributed by atoms with Crippen molar-refractivity contribution in [1.82, 2.24) is 0 Å². The van der Waals surface area contributed by atoms with E-state index in [9.17, 15) is 14.0 Å². The van der Waals surface area contributed by atoms with Crippen LogP contribution < -0.4 is 15.1 Å². The highest BCUT2D eigenvalue weighted by Gasteiger charge is 2.42. The van der Waals surface area contributed by atoms with Crippen LogP contribution in [-0.4, -0.2) is 44.0 Å². The quantitative estimate of drug-likeness (QED) is 0.654. The van der Waals surface area contributed by atoms with Crippen molar-refractivity contribution in [2.75, 3.05) is 31.1 Å². The Labute approximate surface area is 176 Å². The van der Waals surface area contributed by atoms with Crippen LogP contribution in [0.25, 0.3) is 0 Å². The first-order valence-corrected chi connectivity index (χ1v) is 10.9. The second-order valence-corrected chi connectivity index (χ2v) is 8.51. The van der Waals surface area contributed by atoms with Gasteiger partial charge in [0.1, 0.15) is 18.9 Å². The molecule has 0 aromatic heterocycles. The highest BCUT2D eigenvalue weighted by molar-refractivity contribution is 6.21. The number of nitrogens with one attached hydrogen (secondary N) is 1. The van der Waals surface area contributed by atoms with Gasteiger partial charge in [0.05, 0.1) is 25.2 Å². The first kappa shape index (κ1) is 20.7. The third kappa shape index (κ3) is 4.94. The van der Waals surface area contributed by atoms with E-state index in [1.165, 1.54) is 60.7 Å². The Kier molecular flexibility index (Phi) is 6.55. The number of likely N-dealkylation sites (tertiary alicyclic amines) is 1. The Bertz CT molecular complexity index is 864. The van der Waals surface area contributed by atoms with E-state index in [4.69, 9.17) is 0 Å². The molecule has 158 valence electrons. The topological polar surface area (TPSA) is 58.4 Å². The molecule has 6 heteroatoms. The molecule has 0 unspecified atom stereocenters. The molecule has 3 N–H and O–H groups in total. The van der Waals surface area contributed by atoms with Crippen molar-refractivity contribution in [2.24, 2.45) is 5.92 Å². The molecular formula is C24H30FN3O2+2. The maximum absolute atomic E-state index is 13.1. The smallest absolute Gasteiger partial charge is 0.292 e.